The van der Waals surface area contributed by atoms with Gasteiger partial charge in [0, 0.05) is 12.6 Å². The molecule has 0 fully saturated rings. The van der Waals surface area contributed by atoms with Crippen LogP contribution in [0, 0.1) is 5.82 Å². The van der Waals surface area contributed by atoms with Crippen LogP contribution in [0.1, 0.15) is 17.4 Å². The summed E-state index contributed by atoms with van der Waals surface area (Å²) >= 11 is 0. The number of nitrogens with zero attached hydrogens (tertiary/aromatic N) is 3. The van der Waals surface area contributed by atoms with Crippen molar-refractivity contribution in [1.82, 2.24) is 15.0 Å². The molecule has 25 heavy (non-hydrogen) atoms. The van der Waals surface area contributed by atoms with Crippen molar-refractivity contribution in [2.24, 2.45) is 0 Å². The lowest BCUT2D eigenvalue weighted by Crippen LogP contribution is -2.15. The van der Waals surface area contributed by atoms with Gasteiger partial charge in [0.1, 0.15) is 5.82 Å². The van der Waals surface area contributed by atoms with Crippen LogP contribution >= 0.6 is 0 Å². The molecule has 3 aromatic rings. The molecule has 126 valence electrons. The molecule has 0 bridgehead atoms. The van der Waals surface area contributed by atoms with Crippen molar-refractivity contribution in [1.29, 1.82) is 0 Å². The normalized spacial score (nSPS) is 10.3. The SMILES string of the molecule is CC(=O)Nc1ccc(F)c(NC(=O)c2cnn(-c3ccccc3)n2)c1. The van der Waals surface area contributed by atoms with E-state index >= 15 is 0 Å². The molecule has 1 heterocycles. The van der Waals surface area contributed by atoms with Crippen molar-refractivity contribution in [3.63, 3.8) is 0 Å². The van der Waals surface area contributed by atoms with E-state index in [4.69, 9.17) is 0 Å². The van der Waals surface area contributed by atoms with Crippen molar-refractivity contribution in [2.75, 3.05) is 10.6 Å². The van der Waals surface area contributed by atoms with Crippen molar-refractivity contribution in [2.45, 2.75) is 6.92 Å². The van der Waals surface area contributed by atoms with E-state index in [2.05, 4.69) is 20.8 Å². The van der Waals surface area contributed by atoms with Crippen molar-refractivity contribution >= 4 is 23.2 Å². The summed E-state index contributed by atoms with van der Waals surface area (Å²) in [4.78, 5) is 24.6. The molecular weight excluding hydrogens is 325 g/mol. The Bertz CT molecular complexity index is 924. The summed E-state index contributed by atoms with van der Waals surface area (Å²) in [6.45, 7) is 1.34. The quantitative estimate of drug-likeness (QED) is 0.765. The molecule has 2 amide bonds. The van der Waals surface area contributed by atoms with E-state index < -0.39 is 11.7 Å². The summed E-state index contributed by atoms with van der Waals surface area (Å²) in [7, 11) is 0. The number of benzene rings is 2. The second-order valence-electron chi connectivity index (χ2n) is 5.18. The molecule has 0 aliphatic rings. The Labute approximate surface area is 142 Å². The van der Waals surface area contributed by atoms with Gasteiger partial charge in [-0.25, -0.2) is 4.39 Å². The van der Waals surface area contributed by atoms with Gasteiger partial charge >= 0.3 is 0 Å². The van der Waals surface area contributed by atoms with E-state index in [0.29, 0.717) is 11.4 Å². The Kier molecular flexibility index (Phi) is 4.51. The lowest BCUT2D eigenvalue weighted by Gasteiger charge is -2.08. The van der Waals surface area contributed by atoms with Gasteiger partial charge in [-0.2, -0.15) is 9.90 Å². The fourth-order valence-electron chi connectivity index (χ4n) is 2.14. The lowest BCUT2D eigenvalue weighted by molar-refractivity contribution is -0.114. The molecule has 7 nitrogen and oxygen atoms in total. The highest BCUT2D eigenvalue weighted by atomic mass is 19.1. The standard InChI is InChI=1S/C17H14FN5O2/c1-11(24)20-12-7-8-14(18)15(9-12)21-17(25)16-10-19-23(22-16)13-5-3-2-4-6-13/h2-10H,1H3,(H,20,24)(H,21,25). The zero-order valence-corrected chi connectivity index (χ0v) is 13.2. The summed E-state index contributed by atoms with van der Waals surface area (Å²) in [5, 5.41) is 13.0. The number of rotatable bonds is 4. The summed E-state index contributed by atoms with van der Waals surface area (Å²) in [6.07, 6.45) is 1.29. The van der Waals surface area contributed by atoms with E-state index in [1.807, 2.05) is 18.2 Å². The van der Waals surface area contributed by atoms with Crippen LogP contribution in [0.25, 0.3) is 5.69 Å². The number of nitrogens with one attached hydrogen (secondary N) is 2. The number of halogens is 1. The summed E-state index contributed by atoms with van der Waals surface area (Å²) in [6, 6.07) is 13.0. The van der Waals surface area contributed by atoms with Gasteiger partial charge in [-0.05, 0) is 30.3 Å². The van der Waals surface area contributed by atoms with Crippen LogP contribution < -0.4 is 10.6 Å². The van der Waals surface area contributed by atoms with Crippen molar-refractivity contribution in [3.8, 4) is 5.69 Å². The highest BCUT2D eigenvalue weighted by Crippen LogP contribution is 2.20. The molecule has 0 aliphatic carbocycles. The average Bonchev–Trinajstić information content (AvgIpc) is 3.08. The van der Waals surface area contributed by atoms with Crippen molar-refractivity contribution in [3.05, 3.63) is 66.2 Å². The van der Waals surface area contributed by atoms with Gasteiger partial charge in [0.2, 0.25) is 5.91 Å². The minimum absolute atomic E-state index is 0.0354. The fraction of sp³-hybridized carbons (Fsp3) is 0.0588. The number of carbonyl (C=O) groups excluding carboxylic acids is 2. The maximum atomic E-state index is 13.9. The van der Waals surface area contributed by atoms with Gasteiger partial charge in [-0.1, -0.05) is 18.2 Å². The number of amides is 2. The molecule has 2 N–H and O–H groups in total. The first-order valence-electron chi connectivity index (χ1n) is 7.39. The van der Waals surface area contributed by atoms with Crippen LogP contribution in [0.4, 0.5) is 15.8 Å². The smallest absolute Gasteiger partial charge is 0.277 e. The molecule has 0 atom stereocenters. The Morgan fingerprint density at radius 3 is 2.56 bits per heavy atom. The van der Waals surface area contributed by atoms with Gasteiger partial charge in [-0.15, -0.1) is 5.10 Å². The molecule has 0 saturated heterocycles. The number of hydrogen-bond donors (Lipinski definition) is 2. The molecule has 1 aromatic heterocycles. The van der Waals surface area contributed by atoms with E-state index in [1.54, 1.807) is 12.1 Å². The molecular formula is C17H14FN5O2. The zero-order chi connectivity index (χ0) is 17.8. The predicted octanol–water partition coefficient (Wildman–Crippen LogP) is 2.62. The van der Waals surface area contributed by atoms with Gasteiger partial charge in [0.05, 0.1) is 17.6 Å². The van der Waals surface area contributed by atoms with Crippen LogP contribution in [-0.4, -0.2) is 26.8 Å². The van der Waals surface area contributed by atoms with Gasteiger partial charge in [0.25, 0.3) is 5.91 Å². The topological polar surface area (TPSA) is 88.9 Å². The second kappa shape index (κ2) is 6.91. The Hall–Kier alpha value is -3.55. The number of para-hydroxylation sites is 1. The number of aromatic nitrogens is 3. The summed E-state index contributed by atoms with van der Waals surface area (Å²) < 4.78 is 13.9. The first kappa shape index (κ1) is 16.3. The van der Waals surface area contributed by atoms with E-state index in [-0.39, 0.29) is 17.3 Å². The number of anilines is 2. The summed E-state index contributed by atoms with van der Waals surface area (Å²) in [5.41, 5.74) is 1.04. The maximum absolute atomic E-state index is 13.9. The van der Waals surface area contributed by atoms with Gasteiger partial charge < -0.3 is 10.6 Å². The van der Waals surface area contributed by atoms with E-state index in [1.165, 1.54) is 30.0 Å². The predicted molar refractivity (Wildman–Crippen MR) is 90.0 cm³/mol. The second-order valence-corrected chi connectivity index (χ2v) is 5.18. The van der Waals surface area contributed by atoms with Crippen LogP contribution in [-0.2, 0) is 4.79 Å². The molecule has 0 spiro atoms. The third-order valence-electron chi connectivity index (χ3n) is 3.25. The Morgan fingerprint density at radius 1 is 1.08 bits per heavy atom. The summed E-state index contributed by atoms with van der Waals surface area (Å²) in [5.74, 6) is -1.53. The number of hydrogen-bond acceptors (Lipinski definition) is 4. The van der Waals surface area contributed by atoms with E-state index in [9.17, 15) is 14.0 Å². The van der Waals surface area contributed by atoms with Crippen LogP contribution in [0.3, 0.4) is 0 Å². The molecule has 0 saturated carbocycles. The lowest BCUT2D eigenvalue weighted by atomic mass is 10.2. The molecule has 0 aliphatic heterocycles. The van der Waals surface area contributed by atoms with Crippen LogP contribution in [0.5, 0.6) is 0 Å². The van der Waals surface area contributed by atoms with Gasteiger partial charge in [-0.3, -0.25) is 9.59 Å². The number of carbonyl (C=O) groups is 2. The molecule has 0 unspecified atom stereocenters. The Balaban J connectivity index is 1.79. The monoisotopic (exact) mass is 339 g/mol. The molecule has 8 heteroatoms. The minimum Gasteiger partial charge on any atom is -0.326 e. The third-order valence-corrected chi connectivity index (χ3v) is 3.25. The highest BCUT2D eigenvalue weighted by Gasteiger charge is 2.14. The van der Waals surface area contributed by atoms with Crippen LogP contribution in [0.2, 0.25) is 0 Å². The minimum atomic E-state index is -0.627. The van der Waals surface area contributed by atoms with E-state index in [0.717, 1.165) is 6.07 Å². The zero-order valence-electron chi connectivity index (χ0n) is 13.2. The maximum Gasteiger partial charge on any atom is 0.277 e. The first-order chi connectivity index (χ1) is 12.0. The molecule has 3 rings (SSSR count). The Morgan fingerprint density at radius 2 is 1.84 bits per heavy atom. The van der Waals surface area contributed by atoms with Gasteiger partial charge in [0.15, 0.2) is 5.69 Å². The highest BCUT2D eigenvalue weighted by molar-refractivity contribution is 6.03. The molecule has 0 radical (unpaired) electrons. The first-order valence-corrected chi connectivity index (χ1v) is 7.39. The molecule has 2 aromatic carbocycles. The fourth-order valence-corrected chi connectivity index (χ4v) is 2.14. The average molecular weight is 339 g/mol. The largest absolute Gasteiger partial charge is 0.326 e. The van der Waals surface area contributed by atoms with Crippen LogP contribution in [0.15, 0.2) is 54.7 Å². The van der Waals surface area contributed by atoms with Crippen molar-refractivity contribution < 1.29 is 14.0 Å². The third kappa shape index (κ3) is 3.86.